The quantitative estimate of drug-likeness (QED) is 0.815. The average Bonchev–Trinajstić information content (AvgIpc) is 2.38. The van der Waals surface area contributed by atoms with Crippen molar-refractivity contribution in [2.45, 2.75) is 44.0 Å². The number of rotatable bonds is 5. The molecule has 0 aliphatic rings. The van der Waals surface area contributed by atoms with Gasteiger partial charge in [-0.15, -0.1) is 0 Å². The van der Waals surface area contributed by atoms with Gasteiger partial charge in [0, 0.05) is 17.5 Å². The van der Waals surface area contributed by atoms with Crippen molar-refractivity contribution in [3.8, 4) is 11.8 Å². The van der Waals surface area contributed by atoms with Crippen molar-refractivity contribution in [2.24, 2.45) is 0 Å². The molecular weight excluding hydrogens is 274 g/mol. The minimum Gasteiger partial charge on any atom is -0.395 e. The zero-order valence-electron chi connectivity index (χ0n) is 12.1. The molecule has 0 aliphatic heterocycles. The summed E-state index contributed by atoms with van der Waals surface area (Å²) in [6.07, 6.45) is 1.01. The molecule has 2 N–H and O–H groups in total. The van der Waals surface area contributed by atoms with Crippen LogP contribution in [0.4, 0.5) is 0 Å². The molecule has 0 aliphatic carbocycles. The monoisotopic (exact) mass is 295 g/mol. The van der Waals surface area contributed by atoms with Crippen molar-refractivity contribution in [3.05, 3.63) is 29.8 Å². The fourth-order valence-corrected chi connectivity index (χ4v) is 3.16. The maximum Gasteiger partial charge on any atom is 0.242 e. The Morgan fingerprint density at radius 2 is 1.95 bits per heavy atom. The molecule has 0 atom stereocenters. The molecule has 0 spiro atoms. The molecule has 1 aromatic carbocycles. The fraction of sp³-hybridized carbons (Fsp3) is 0.467. The van der Waals surface area contributed by atoms with Gasteiger partial charge in [-0.05, 0) is 32.4 Å². The first kappa shape index (κ1) is 16.7. The Kier molecular flexibility index (Phi) is 5.75. The van der Waals surface area contributed by atoms with Crippen LogP contribution in [-0.4, -0.2) is 25.7 Å². The van der Waals surface area contributed by atoms with Gasteiger partial charge in [0.2, 0.25) is 10.0 Å². The predicted molar refractivity (Wildman–Crippen MR) is 79.7 cm³/mol. The van der Waals surface area contributed by atoms with E-state index in [4.69, 9.17) is 5.11 Å². The molecule has 0 fully saturated rings. The summed E-state index contributed by atoms with van der Waals surface area (Å²) in [6.45, 7) is 5.56. The van der Waals surface area contributed by atoms with Gasteiger partial charge in [0.15, 0.2) is 0 Å². The van der Waals surface area contributed by atoms with Crippen molar-refractivity contribution >= 4 is 10.0 Å². The second kappa shape index (κ2) is 6.89. The Morgan fingerprint density at radius 1 is 1.30 bits per heavy atom. The molecule has 4 nitrogen and oxygen atoms in total. The lowest BCUT2D eigenvalue weighted by molar-refractivity contribution is 0.305. The number of hydrogen-bond acceptors (Lipinski definition) is 3. The van der Waals surface area contributed by atoms with Crippen LogP contribution in [0.25, 0.3) is 0 Å². The standard InChI is InChI=1S/C15H21NO3S/c1-4-15(2,3)16-20(18,19)14-11-6-5-9-13(14)10-7-8-12-17/h5-6,9,11,16-17H,4,8,12H2,1-3H3. The summed E-state index contributed by atoms with van der Waals surface area (Å²) in [4.78, 5) is 0.173. The minimum atomic E-state index is -3.61. The maximum atomic E-state index is 12.4. The molecule has 110 valence electrons. The third-order valence-corrected chi connectivity index (χ3v) is 4.69. The van der Waals surface area contributed by atoms with Gasteiger partial charge in [0.25, 0.3) is 0 Å². The second-order valence-electron chi connectivity index (χ2n) is 5.11. The van der Waals surface area contributed by atoms with Gasteiger partial charge in [-0.1, -0.05) is 30.9 Å². The van der Waals surface area contributed by atoms with Gasteiger partial charge in [-0.25, -0.2) is 13.1 Å². The maximum absolute atomic E-state index is 12.4. The number of hydrogen-bond donors (Lipinski definition) is 2. The van der Waals surface area contributed by atoms with Crippen molar-refractivity contribution in [3.63, 3.8) is 0 Å². The zero-order chi connectivity index (χ0) is 15.2. The summed E-state index contributed by atoms with van der Waals surface area (Å²) in [5.74, 6) is 5.54. The summed E-state index contributed by atoms with van der Waals surface area (Å²) in [5.41, 5.74) is -0.0647. The van der Waals surface area contributed by atoms with Gasteiger partial charge in [-0.3, -0.25) is 0 Å². The largest absolute Gasteiger partial charge is 0.395 e. The fourth-order valence-electron chi connectivity index (χ4n) is 1.51. The third-order valence-electron chi connectivity index (χ3n) is 2.93. The molecule has 0 saturated carbocycles. The van der Waals surface area contributed by atoms with Crippen LogP contribution in [0.5, 0.6) is 0 Å². The summed E-state index contributed by atoms with van der Waals surface area (Å²) in [7, 11) is -3.61. The number of nitrogens with one attached hydrogen (secondary N) is 1. The van der Waals surface area contributed by atoms with E-state index >= 15 is 0 Å². The summed E-state index contributed by atoms with van der Waals surface area (Å²) in [6, 6.07) is 6.62. The molecule has 1 aromatic rings. The van der Waals surface area contributed by atoms with Crippen LogP contribution in [0.3, 0.4) is 0 Å². The lowest BCUT2D eigenvalue weighted by Crippen LogP contribution is -2.42. The first-order chi connectivity index (χ1) is 9.32. The summed E-state index contributed by atoms with van der Waals surface area (Å²) >= 11 is 0. The second-order valence-corrected chi connectivity index (χ2v) is 6.77. The van der Waals surface area contributed by atoms with E-state index in [-0.39, 0.29) is 11.5 Å². The smallest absolute Gasteiger partial charge is 0.242 e. The number of benzene rings is 1. The van der Waals surface area contributed by atoms with Crippen molar-refractivity contribution in [2.75, 3.05) is 6.61 Å². The molecule has 20 heavy (non-hydrogen) atoms. The van der Waals surface area contributed by atoms with Crippen molar-refractivity contribution in [1.82, 2.24) is 4.72 Å². The molecule has 0 bridgehead atoms. The van der Waals surface area contributed by atoms with Gasteiger partial charge in [0.1, 0.15) is 0 Å². The average molecular weight is 295 g/mol. The number of aliphatic hydroxyl groups excluding tert-OH is 1. The highest BCUT2D eigenvalue weighted by molar-refractivity contribution is 7.89. The Bertz CT molecular complexity index is 609. The van der Waals surface area contributed by atoms with Crippen molar-refractivity contribution in [1.29, 1.82) is 0 Å². The Balaban J connectivity index is 3.17. The Morgan fingerprint density at radius 3 is 2.55 bits per heavy atom. The SMILES string of the molecule is CCC(C)(C)NS(=O)(=O)c1ccccc1C#CCCO. The van der Waals surface area contributed by atoms with Crippen LogP contribution < -0.4 is 4.72 Å². The lowest BCUT2D eigenvalue weighted by Gasteiger charge is -2.24. The Hall–Kier alpha value is -1.35. The van der Waals surface area contributed by atoms with E-state index in [1.807, 2.05) is 20.8 Å². The van der Waals surface area contributed by atoms with E-state index in [0.717, 1.165) is 0 Å². The molecule has 0 aromatic heterocycles. The van der Waals surface area contributed by atoms with Crippen LogP contribution in [0.15, 0.2) is 29.2 Å². The van der Waals surface area contributed by atoms with Crippen molar-refractivity contribution < 1.29 is 13.5 Å². The molecule has 0 saturated heterocycles. The van der Waals surface area contributed by atoms with Crippen LogP contribution in [0.1, 0.15) is 39.2 Å². The Labute approximate surface area is 121 Å². The first-order valence-electron chi connectivity index (χ1n) is 6.55. The molecule has 0 unspecified atom stereocenters. The molecular formula is C15H21NO3S. The van der Waals surface area contributed by atoms with E-state index in [1.54, 1.807) is 18.2 Å². The highest BCUT2D eigenvalue weighted by atomic mass is 32.2. The zero-order valence-corrected chi connectivity index (χ0v) is 12.9. The number of sulfonamides is 1. The van der Waals surface area contributed by atoms with Crippen LogP contribution in [0, 0.1) is 11.8 Å². The highest BCUT2D eigenvalue weighted by Crippen LogP contribution is 2.18. The van der Waals surface area contributed by atoms with E-state index in [9.17, 15) is 8.42 Å². The molecule has 0 radical (unpaired) electrons. The highest BCUT2D eigenvalue weighted by Gasteiger charge is 2.25. The van der Waals surface area contributed by atoms with E-state index in [0.29, 0.717) is 18.4 Å². The molecule has 1 rings (SSSR count). The van der Waals surface area contributed by atoms with Crippen LogP contribution in [0.2, 0.25) is 0 Å². The third kappa shape index (κ3) is 4.64. The van der Waals surface area contributed by atoms with Gasteiger partial charge >= 0.3 is 0 Å². The molecule has 5 heteroatoms. The minimum absolute atomic E-state index is 0.0387. The summed E-state index contributed by atoms with van der Waals surface area (Å²) < 4.78 is 27.5. The summed E-state index contributed by atoms with van der Waals surface area (Å²) in [5, 5.41) is 8.73. The number of aliphatic hydroxyl groups is 1. The molecule has 0 heterocycles. The van der Waals surface area contributed by atoms with E-state index in [1.165, 1.54) is 6.07 Å². The van der Waals surface area contributed by atoms with Gasteiger partial charge in [0.05, 0.1) is 11.5 Å². The van der Waals surface area contributed by atoms with E-state index in [2.05, 4.69) is 16.6 Å². The lowest BCUT2D eigenvalue weighted by atomic mass is 10.0. The van der Waals surface area contributed by atoms with Crippen LogP contribution >= 0.6 is 0 Å². The van der Waals surface area contributed by atoms with Crippen LogP contribution in [-0.2, 0) is 10.0 Å². The normalized spacial score (nSPS) is 11.8. The topological polar surface area (TPSA) is 66.4 Å². The first-order valence-corrected chi connectivity index (χ1v) is 8.03. The van der Waals surface area contributed by atoms with Gasteiger partial charge in [-0.2, -0.15) is 0 Å². The molecule has 0 amide bonds. The predicted octanol–water partition coefficient (Wildman–Crippen LogP) is 1.89. The van der Waals surface area contributed by atoms with Gasteiger partial charge < -0.3 is 5.11 Å². The van der Waals surface area contributed by atoms with E-state index < -0.39 is 15.6 Å².